The van der Waals surface area contributed by atoms with Crippen molar-refractivity contribution in [2.45, 2.75) is 18.8 Å². The van der Waals surface area contributed by atoms with Crippen molar-refractivity contribution in [2.75, 3.05) is 20.1 Å². The van der Waals surface area contributed by atoms with Gasteiger partial charge in [-0.25, -0.2) is 4.90 Å². The molecule has 0 radical (unpaired) electrons. The highest BCUT2D eigenvalue weighted by Gasteiger charge is 2.41. The Bertz CT molecular complexity index is 134. The number of nitrogens with one attached hydrogen (secondary N) is 1. The van der Waals surface area contributed by atoms with Crippen LogP contribution in [0.5, 0.6) is 0 Å². The van der Waals surface area contributed by atoms with Crippen LogP contribution in [0.15, 0.2) is 0 Å². The van der Waals surface area contributed by atoms with Crippen LogP contribution in [0.4, 0.5) is 13.2 Å². The van der Waals surface area contributed by atoms with E-state index in [4.69, 9.17) is 0 Å². The quantitative estimate of drug-likeness (QED) is 0.582. The van der Waals surface area contributed by atoms with Gasteiger partial charge in [-0.2, -0.15) is 13.2 Å². The highest BCUT2D eigenvalue weighted by molar-refractivity contribution is 4.80. The van der Waals surface area contributed by atoms with Crippen molar-refractivity contribution in [1.82, 2.24) is 10.2 Å². The molecule has 1 saturated heterocycles. The second-order valence-corrected chi connectivity index (χ2v) is 2.69. The van der Waals surface area contributed by atoms with E-state index < -0.39 is 6.30 Å². The smallest absolute Gasteiger partial charge is 0.316 e. The van der Waals surface area contributed by atoms with Crippen LogP contribution < -0.4 is 5.32 Å². The van der Waals surface area contributed by atoms with Crippen molar-refractivity contribution in [2.24, 2.45) is 0 Å². The number of nitrogens with zero attached hydrogens (tertiary/aromatic N) is 1. The van der Waals surface area contributed by atoms with Gasteiger partial charge < -0.3 is 5.32 Å². The molecule has 1 aliphatic rings. The molecule has 2 nitrogen and oxygen atoms in total. The van der Waals surface area contributed by atoms with E-state index in [-0.39, 0.29) is 19.1 Å². The van der Waals surface area contributed by atoms with Crippen LogP contribution in [0.25, 0.3) is 0 Å². The van der Waals surface area contributed by atoms with Gasteiger partial charge in [-0.3, -0.25) is 0 Å². The molecule has 0 unspecified atom stereocenters. The third-order valence-electron chi connectivity index (χ3n) is 1.96. The normalized spacial score (nSPS) is 27.8. The van der Waals surface area contributed by atoms with Crippen LogP contribution in [-0.2, 0) is 0 Å². The molecule has 1 atom stereocenters. The molecule has 0 bridgehead atoms. The molecule has 1 heterocycles. The fourth-order valence-corrected chi connectivity index (χ4v) is 1.23. The number of likely N-dealkylation sites (tertiary alicyclic amines) is 1. The molecule has 1 fully saturated rings. The molecule has 0 spiro atoms. The molecular weight excluding hydrogens is 157 g/mol. The first-order chi connectivity index (χ1) is 5.04. The van der Waals surface area contributed by atoms with Gasteiger partial charge in [-0.15, -0.1) is 0 Å². The number of halogens is 3. The van der Waals surface area contributed by atoms with Gasteiger partial charge in [0.15, 0.2) is 0 Å². The Balaban J connectivity index is 2.42. The summed E-state index contributed by atoms with van der Waals surface area (Å²) in [6.07, 6.45) is -3.57. The molecule has 11 heavy (non-hydrogen) atoms. The first-order valence-corrected chi connectivity index (χ1v) is 3.53. The summed E-state index contributed by atoms with van der Waals surface area (Å²) < 4.78 is 35.9. The van der Waals surface area contributed by atoms with Gasteiger partial charge >= 0.3 is 6.30 Å². The molecule has 0 aliphatic carbocycles. The molecule has 5 heteroatoms. The summed E-state index contributed by atoms with van der Waals surface area (Å²) in [5, 5.41) is 2.82. The van der Waals surface area contributed by atoms with Gasteiger partial charge in [0.1, 0.15) is 0 Å². The van der Waals surface area contributed by atoms with E-state index in [0.29, 0.717) is 11.3 Å². The van der Waals surface area contributed by atoms with E-state index in [1.165, 1.54) is 0 Å². The average molecular weight is 168 g/mol. The molecule has 0 aromatic carbocycles. The highest BCUT2D eigenvalue weighted by Crippen LogP contribution is 2.25. The number of rotatable bonds is 1. The molecule has 0 aromatic heterocycles. The van der Waals surface area contributed by atoms with E-state index in [0.717, 1.165) is 0 Å². The average Bonchev–Trinajstić information content (AvgIpc) is 2.32. The lowest BCUT2D eigenvalue weighted by Gasteiger charge is -2.18. The molecule has 1 N–H and O–H groups in total. The minimum absolute atomic E-state index is 0.00313. The van der Waals surface area contributed by atoms with Crippen LogP contribution in [0.3, 0.4) is 0 Å². The van der Waals surface area contributed by atoms with Crippen LogP contribution in [0.2, 0.25) is 0 Å². The summed E-state index contributed by atoms with van der Waals surface area (Å²) in [5.74, 6) is 0. The Kier molecular flexibility index (Phi) is 2.39. The van der Waals surface area contributed by atoms with Gasteiger partial charge in [-0.1, -0.05) is 0 Å². The van der Waals surface area contributed by atoms with Crippen molar-refractivity contribution in [3.63, 3.8) is 0 Å². The highest BCUT2D eigenvalue weighted by atomic mass is 19.4. The fraction of sp³-hybridized carbons (Fsp3) is 1.00. The Morgan fingerprint density at radius 2 is 2.09 bits per heavy atom. The molecule has 0 saturated carbocycles. The Labute approximate surface area is 63.4 Å². The molecule has 66 valence electrons. The van der Waals surface area contributed by atoms with Crippen molar-refractivity contribution in [1.29, 1.82) is 0 Å². The molecule has 0 amide bonds. The number of hydrogen-bond donors (Lipinski definition) is 1. The summed E-state index contributed by atoms with van der Waals surface area (Å²) in [6.45, 7) is 0.203. The van der Waals surface area contributed by atoms with Crippen molar-refractivity contribution >= 4 is 0 Å². The largest absolute Gasteiger partial charge is 0.459 e. The summed E-state index contributed by atoms with van der Waals surface area (Å²) in [5.41, 5.74) is 0. The third-order valence-corrected chi connectivity index (χ3v) is 1.96. The van der Waals surface area contributed by atoms with E-state index in [2.05, 4.69) is 5.32 Å². The SMILES string of the molecule is CN[C@H]1CCN(C(F)(F)F)C1. The first kappa shape index (κ1) is 8.80. The standard InChI is InChI=1S/C6H11F3N2/c1-10-5-2-3-11(4-5)6(7,8)9/h5,10H,2-4H2,1H3/t5-/m0/s1. The Morgan fingerprint density at radius 1 is 1.45 bits per heavy atom. The topological polar surface area (TPSA) is 15.3 Å². The molecule has 1 aliphatic heterocycles. The zero-order valence-electron chi connectivity index (χ0n) is 6.28. The lowest BCUT2D eigenvalue weighted by molar-refractivity contribution is -0.238. The third kappa shape index (κ3) is 2.07. The summed E-state index contributed by atoms with van der Waals surface area (Å²) in [7, 11) is 1.69. The number of likely N-dealkylation sites (N-methyl/N-ethyl adjacent to an activating group) is 1. The molecule has 0 aromatic rings. The van der Waals surface area contributed by atoms with Gasteiger partial charge in [0.05, 0.1) is 0 Å². The zero-order chi connectivity index (χ0) is 8.48. The summed E-state index contributed by atoms with van der Waals surface area (Å²) in [6, 6.07) is -0.00313. The maximum Gasteiger partial charge on any atom is 0.459 e. The summed E-state index contributed by atoms with van der Waals surface area (Å²) >= 11 is 0. The minimum Gasteiger partial charge on any atom is -0.316 e. The van der Waals surface area contributed by atoms with E-state index in [9.17, 15) is 13.2 Å². The van der Waals surface area contributed by atoms with Crippen LogP contribution >= 0.6 is 0 Å². The van der Waals surface area contributed by atoms with Gasteiger partial charge in [-0.05, 0) is 13.5 Å². The van der Waals surface area contributed by atoms with Crippen molar-refractivity contribution < 1.29 is 13.2 Å². The maximum atomic E-state index is 12.0. The van der Waals surface area contributed by atoms with Crippen molar-refractivity contribution in [3.8, 4) is 0 Å². The number of alkyl halides is 3. The number of hydrogen-bond acceptors (Lipinski definition) is 2. The first-order valence-electron chi connectivity index (χ1n) is 3.53. The van der Waals surface area contributed by atoms with Gasteiger partial charge in [0.25, 0.3) is 0 Å². The lowest BCUT2D eigenvalue weighted by atomic mass is 10.3. The van der Waals surface area contributed by atoms with E-state index >= 15 is 0 Å². The lowest BCUT2D eigenvalue weighted by Crippen LogP contribution is -2.38. The van der Waals surface area contributed by atoms with Crippen LogP contribution in [0, 0.1) is 0 Å². The minimum atomic E-state index is -4.15. The summed E-state index contributed by atoms with van der Waals surface area (Å²) in [4.78, 5) is 0.536. The van der Waals surface area contributed by atoms with E-state index in [1.807, 2.05) is 0 Å². The van der Waals surface area contributed by atoms with Crippen molar-refractivity contribution in [3.05, 3.63) is 0 Å². The second-order valence-electron chi connectivity index (χ2n) is 2.69. The second kappa shape index (κ2) is 2.98. The fourth-order valence-electron chi connectivity index (χ4n) is 1.23. The predicted molar refractivity (Wildman–Crippen MR) is 35.1 cm³/mol. The maximum absolute atomic E-state index is 12.0. The Morgan fingerprint density at radius 3 is 2.36 bits per heavy atom. The zero-order valence-corrected chi connectivity index (χ0v) is 6.28. The Hall–Kier alpha value is -0.290. The van der Waals surface area contributed by atoms with Gasteiger partial charge in [0, 0.05) is 19.1 Å². The predicted octanol–water partition coefficient (Wildman–Crippen LogP) is 0.800. The molecular formula is C6H11F3N2. The van der Waals surface area contributed by atoms with Gasteiger partial charge in [0.2, 0.25) is 0 Å². The van der Waals surface area contributed by atoms with Crippen LogP contribution in [0.1, 0.15) is 6.42 Å². The molecule has 1 rings (SSSR count). The monoisotopic (exact) mass is 168 g/mol. The van der Waals surface area contributed by atoms with Crippen LogP contribution in [-0.4, -0.2) is 37.4 Å². The van der Waals surface area contributed by atoms with E-state index in [1.54, 1.807) is 7.05 Å².